The van der Waals surface area contributed by atoms with Gasteiger partial charge in [0.05, 0.1) is 5.02 Å². The van der Waals surface area contributed by atoms with Gasteiger partial charge >= 0.3 is 5.97 Å². The molecular weight excluding hydrogens is 410 g/mol. The summed E-state index contributed by atoms with van der Waals surface area (Å²) in [6, 6.07) is 11.2. The Morgan fingerprint density at radius 2 is 1.72 bits per heavy atom. The van der Waals surface area contributed by atoms with Crippen LogP contribution in [0.3, 0.4) is 0 Å². The number of hydrogen-bond acceptors (Lipinski definition) is 5. The van der Waals surface area contributed by atoms with Gasteiger partial charge in [-0.3, -0.25) is 14.4 Å². The molecule has 0 aliphatic carbocycles. The van der Waals surface area contributed by atoms with Crippen molar-refractivity contribution >= 4 is 50.7 Å². The molecule has 0 fully saturated rings. The molecular formula is C22H20ClNO4S. The molecule has 1 aromatic heterocycles. The Labute approximate surface area is 177 Å². The van der Waals surface area contributed by atoms with Gasteiger partial charge in [0.2, 0.25) is 5.78 Å². The molecule has 0 atom stereocenters. The summed E-state index contributed by atoms with van der Waals surface area (Å²) >= 11 is 7.52. The fraction of sp³-hybridized carbons (Fsp3) is 0.227. The van der Waals surface area contributed by atoms with E-state index in [1.54, 1.807) is 0 Å². The summed E-state index contributed by atoms with van der Waals surface area (Å²) in [5, 5.41) is 3.65. The predicted octanol–water partition coefficient (Wildman–Crippen LogP) is 4.64. The standard InChI is InChI=1S/C22H20ClNO4S/c1-12-8-13(2)19(14(3)9-12)16(25)11-28-18(26)10-24-22(27)21-20(23)15-6-4-5-7-17(15)29-21/h4-9H,10-11H2,1-3H3,(H,24,27). The lowest BCUT2D eigenvalue weighted by Gasteiger charge is -2.11. The maximum absolute atomic E-state index is 12.4. The highest BCUT2D eigenvalue weighted by atomic mass is 35.5. The zero-order chi connectivity index (χ0) is 21.1. The maximum atomic E-state index is 12.4. The normalized spacial score (nSPS) is 10.8. The molecule has 0 radical (unpaired) electrons. The van der Waals surface area contributed by atoms with Gasteiger partial charge in [0, 0.05) is 15.6 Å². The first kappa shape index (κ1) is 21.0. The number of carbonyl (C=O) groups excluding carboxylic acids is 3. The van der Waals surface area contributed by atoms with E-state index >= 15 is 0 Å². The quantitative estimate of drug-likeness (QED) is 0.457. The fourth-order valence-electron chi connectivity index (χ4n) is 3.28. The molecule has 1 amide bonds. The van der Waals surface area contributed by atoms with Crippen LogP contribution in [0.2, 0.25) is 5.02 Å². The minimum Gasteiger partial charge on any atom is -0.456 e. The van der Waals surface area contributed by atoms with Crippen LogP contribution in [0.4, 0.5) is 0 Å². The second-order valence-corrected chi connectivity index (χ2v) is 8.21. The number of thiophene rings is 1. The molecule has 1 N–H and O–H groups in total. The van der Waals surface area contributed by atoms with Crippen molar-refractivity contribution in [2.75, 3.05) is 13.2 Å². The highest BCUT2D eigenvalue weighted by Crippen LogP contribution is 2.34. The van der Waals surface area contributed by atoms with Gasteiger partial charge in [-0.05, 0) is 38.0 Å². The van der Waals surface area contributed by atoms with Crippen LogP contribution in [-0.2, 0) is 9.53 Å². The van der Waals surface area contributed by atoms with E-state index in [0.717, 1.165) is 26.8 Å². The number of carbonyl (C=O) groups is 3. The average molecular weight is 430 g/mol. The number of ether oxygens (including phenoxy) is 1. The lowest BCUT2D eigenvalue weighted by Crippen LogP contribution is -2.31. The number of rotatable bonds is 6. The van der Waals surface area contributed by atoms with Gasteiger partial charge in [-0.25, -0.2) is 0 Å². The van der Waals surface area contributed by atoms with Gasteiger partial charge < -0.3 is 10.1 Å². The number of aryl methyl sites for hydroxylation is 3. The molecule has 1 heterocycles. The van der Waals surface area contributed by atoms with Crippen LogP contribution in [0.15, 0.2) is 36.4 Å². The van der Waals surface area contributed by atoms with Crippen molar-refractivity contribution in [1.29, 1.82) is 0 Å². The molecule has 0 saturated carbocycles. The largest absolute Gasteiger partial charge is 0.456 e. The Hall–Kier alpha value is -2.70. The van der Waals surface area contributed by atoms with E-state index in [1.807, 2.05) is 57.2 Å². The maximum Gasteiger partial charge on any atom is 0.325 e. The van der Waals surface area contributed by atoms with E-state index in [0.29, 0.717) is 15.5 Å². The molecule has 3 aromatic rings. The Bertz CT molecular complexity index is 1100. The molecule has 0 bridgehead atoms. The number of amides is 1. The Balaban J connectivity index is 1.56. The molecule has 5 nitrogen and oxygen atoms in total. The Morgan fingerprint density at radius 3 is 2.38 bits per heavy atom. The lowest BCUT2D eigenvalue weighted by atomic mass is 9.97. The van der Waals surface area contributed by atoms with E-state index in [4.69, 9.17) is 16.3 Å². The van der Waals surface area contributed by atoms with E-state index in [-0.39, 0.29) is 18.9 Å². The average Bonchev–Trinajstić information content (AvgIpc) is 3.00. The zero-order valence-corrected chi connectivity index (χ0v) is 17.9. The second-order valence-electron chi connectivity index (χ2n) is 6.78. The van der Waals surface area contributed by atoms with Crippen LogP contribution in [0.1, 0.15) is 36.7 Å². The lowest BCUT2D eigenvalue weighted by molar-refractivity contribution is -0.141. The van der Waals surface area contributed by atoms with Crippen molar-refractivity contribution in [1.82, 2.24) is 5.32 Å². The fourth-order valence-corrected chi connectivity index (χ4v) is 4.72. The van der Waals surface area contributed by atoms with E-state index in [2.05, 4.69) is 5.32 Å². The molecule has 0 spiro atoms. The summed E-state index contributed by atoms with van der Waals surface area (Å²) in [6.45, 7) is 4.94. The van der Waals surface area contributed by atoms with Gasteiger partial charge in [-0.2, -0.15) is 0 Å². The Kier molecular flexibility index (Phi) is 6.35. The number of benzene rings is 2. The minimum atomic E-state index is -0.689. The predicted molar refractivity (Wildman–Crippen MR) is 115 cm³/mol. The van der Waals surface area contributed by atoms with Crippen LogP contribution in [0, 0.1) is 20.8 Å². The van der Waals surface area contributed by atoms with Crippen molar-refractivity contribution in [3.8, 4) is 0 Å². The van der Waals surface area contributed by atoms with Crippen LogP contribution < -0.4 is 5.32 Å². The number of halogens is 1. The summed E-state index contributed by atoms with van der Waals surface area (Å²) in [7, 11) is 0. The number of hydrogen-bond donors (Lipinski definition) is 1. The minimum absolute atomic E-state index is 0.271. The first-order valence-electron chi connectivity index (χ1n) is 9.00. The van der Waals surface area contributed by atoms with Gasteiger partial charge in [0.15, 0.2) is 6.61 Å². The van der Waals surface area contributed by atoms with Crippen molar-refractivity contribution in [2.45, 2.75) is 20.8 Å². The Morgan fingerprint density at radius 1 is 1.07 bits per heavy atom. The van der Waals surface area contributed by atoms with E-state index in [9.17, 15) is 14.4 Å². The first-order valence-corrected chi connectivity index (χ1v) is 10.2. The smallest absolute Gasteiger partial charge is 0.325 e. The number of Topliss-reactive ketones (excluding diaryl/α,β-unsaturated/α-hetero) is 1. The van der Waals surface area contributed by atoms with Crippen LogP contribution in [0.5, 0.6) is 0 Å². The van der Waals surface area contributed by atoms with Gasteiger partial charge in [0.1, 0.15) is 11.4 Å². The number of fused-ring (bicyclic) bond motifs is 1. The van der Waals surface area contributed by atoms with Crippen LogP contribution in [-0.4, -0.2) is 30.8 Å². The van der Waals surface area contributed by atoms with Gasteiger partial charge in [0.25, 0.3) is 5.91 Å². The summed E-state index contributed by atoms with van der Waals surface area (Å²) < 4.78 is 5.93. The summed E-state index contributed by atoms with van der Waals surface area (Å²) in [5.74, 6) is -1.41. The topological polar surface area (TPSA) is 72.5 Å². The van der Waals surface area contributed by atoms with Crippen molar-refractivity contribution in [2.24, 2.45) is 0 Å². The van der Waals surface area contributed by atoms with Gasteiger partial charge in [-0.15, -0.1) is 11.3 Å². The summed E-state index contributed by atoms with van der Waals surface area (Å²) in [6.07, 6.45) is 0. The highest BCUT2D eigenvalue weighted by Gasteiger charge is 2.19. The molecule has 2 aromatic carbocycles. The molecule has 150 valence electrons. The summed E-state index contributed by atoms with van der Waals surface area (Å²) in [5.41, 5.74) is 3.31. The third-order valence-electron chi connectivity index (χ3n) is 4.45. The van der Waals surface area contributed by atoms with Crippen molar-refractivity contribution in [3.05, 3.63) is 68.6 Å². The van der Waals surface area contributed by atoms with Crippen LogP contribution >= 0.6 is 22.9 Å². The molecule has 0 aliphatic rings. The number of nitrogens with one attached hydrogen (secondary N) is 1. The van der Waals surface area contributed by atoms with E-state index in [1.165, 1.54) is 11.3 Å². The third kappa shape index (κ3) is 4.66. The monoisotopic (exact) mass is 429 g/mol. The van der Waals surface area contributed by atoms with Crippen LogP contribution in [0.25, 0.3) is 10.1 Å². The van der Waals surface area contributed by atoms with Gasteiger partial charge in [-0.1, -0.05) is 47.5 Å². The molecule has 7 heteroatoms. The first-order chi connectivity index (χ1) is 13.8. The highest BCUT2D eigenvalue weighted by molar-refractivity contribution is 7.21. The SMILES string of the molecule is Cc1cc(C)c(C(=O)COC(=O)CNC(=O)c2sc3ccccc3c2Cl)c(C)c1. The van der Waals surface area contributed by atoms with Crippen molar-refractivity contribution in [3.63, 3.8) is 0 Å². The number of esters is 1. The third-order valence-corrected chi connectivity index (χ3v) is 6.13. The molecule has 0 aliphatic heterocycles. The molecule has 0 unspecified atom stereocenters. The van der Waals surface area contributed by atoms with E-state index < -0.39 is 11.9 Å². The summed E-state index contributed by atoms with van der Waals surface area (Å²) in [4.78, 5) is 37.1. The zero-order valence-electron chi connectivity index (χ0n) is 16.3. The molecule has 0 saturated heterocycles. The molecule has 3 rings (SSSR count). The second kappa shape index (κ2) is 8.76. The number of ketones is 1. The van der Waals surface area contributed by atoms with Crippen molar-refractivity contribution < 1.29 is 19.1 Å². The molecule has 29 heavy (non-hydrogen) atoms.